The van der Waals surface area contributed by atoms with Crippen molar-refractivity contribution in [1.82, 2.24) is 15.2 Å². The maximum atomic E-state index is 11.2. The zero-order chi connectivity index (χ0) is 15.1. The Bertz CT molecular complexity index is 455. The van der Waals surface area contributed by atoms with Gasteiger partial charge in [0.2, 0.25) is 0 Å². The fourth-order valence-electron chi connectivity index (χ4n) is 2.52. The van der Waals surface area contributed by atoms with Crippen LogP contribution >= 0.6 is 22.9 Å². The molecule has 1 fully saturated rings. The van der Waals surface area contributed by atoms with Crippen LogP contribution in [0.1, 0.15) is 30.0 Å². The van der Waals surface area contributed by atoms with Gasteiger partial charge in [0.1, 0.15) is 0 Å². The van der Waals surface area contributed by atoms with Crippen LogP contribution in [0.2, 0.25) is 0 Å². The van der Waals surface area contributed by atoms with Crippen molar-refractivity contribution in [3.8, 4) is 0 Å². The van der Waals surface area contributed by atoms with Gasteiger partial charge in [0, 0.05) is 24.5 Å². The van der Waals surface area contributed by atoms with E-state index in [-0.39, 0.29) is 12.1 Å². The molecule has 0 spiro atoms. The van der Waals surface area contributed by atoms with Crippen LogP contribution in [-0.2, 0) is 17.0 Å². The predicted octanol–water partition coefficient (Wildman–Crippen LogP) is 2.63. The minimum atomic E-state index is -0.333. The number of alkyl carbamates (subject to hydrolysis) is 1. The van der Waals surface area contributed by atoms with E-state index in [1.54, 1.807) is 11.3 Å². The number of unbranched alkanes of at least 4 members (excludes halogenated alkanes) is 1. The Balaban J connectivity index is 1.58. The Morgan fingerprint density at radius 2 is 2.48 bits per heavy atom. The Labute approximate surface area is 134 Å². The molecule has 0 aromatic carbocycles. The molecule has 1 N–H and O–H groups in total. The lowest BCUT2D eigenvalue weighted by molar-refractivity contribution is 0.166. The van der Waals surface area contributed by atoms with E-state index in [1.165, 1.54) is 12.1 Å². The highest BCUT2D eigenvalue weighted by Crippen LogP contribution is 2.15. The molecule has 0 radical (unpaired) electrons. The fraction of sp³-hybridized carbons (Fsp3) is 0.714. The van der Waals surface area contributed by atoms with Crippen LogP contribution in [0.25, 0.3) is 0 Å². The number of alkyl halides is 1. The van der Waals surface area contributed by atoms with Crippen molar-refractivity contribution >= 4 is 29.0 Å². The van der Waals surface area contributed by atoms with Crippen LogP contribution in [0.4, 0.5) is 4.79 Å². The molecule has 2 heterocycles. The number of aromatic nitrogens is 1. The maximum Gasteiger partial charge on any atom is 0.407 e. The van der Waals surface area contributed by atoms with Crippen LogP contribution in [0.5, 0.6) is 0 Å². The lowest BCUT2D eigenvalue weighted by atomic mass is 10.2. The van der Waals surface area contributed by atoms with Crippen LogP contribution in [0, 0.1) is 0 Å². The quantitative estimate of drug-likeness (QED) is 0.616. The molecule has 21 heavy (non-hydrogen) atoms. The van der Waals surface area contributed by atoms with Crippen molar-refractivity contribution in [3.05, 3.63) is 16.1 Å². The number of ether oxygens (including phenoxy) is 1. The number of rotatable bonds is 7. The third-order valence-electron chi connectivity index (χ3n) is 3.63. The minimum absolute atomic E-state index is 0.225. The Hall–Kier alpha value is -0.850. The molecule has 1 aliphatic rings. The smallest absolute Gasteiger partial charge is 0.407 e. The van der Waals surface area contributed by atoms with E-state index in [9.17, 15) is 4.79 Å². The Morgan fingerprint density at radius 3 is 3.19 bits per heavy atom. The van der Waals surface area contributed by atoms with E-state index in [0.717, 1.165) is 51.0 Å². The number of carbonyl (C=O) groups excluding carboxylic acids is 1. The molecule has 1 amide bonds. The molecule has 1 atom stereocenters. The molecular formula is C14H22ClN3O2S. The third-order valence-corrected chi connectivity index (χ3v) is 4.86. The van der Waals surface area contributed by atoms with Gasteiger partial charge in [-0.05, 0) is 32.2 Å². The summed E-state index contributed by atoms with van der Waals surface area (Å²) in [4.78, 5) is 18.0. The highest BCUT2D eigenvalue weighted by atomic mass is 35.5. The average molecular weight is 332 g/mol. The van der Waals surface area contributed by atoms with Crippen LogP contribution in [-0.4, -0.2) is 48.8 Å². The van der Waals surface area contributed by atoms with Crippen molar-refractivity contribution in [2.75, 3.05) is 26.7 Å². The van der Waals surface area contributed by atoms with Gasteiger partial charge in [-0.25, -0.2) is 9.78 Å². The molecule has 118 valence electrons. The molecule has 1 aliphatic heterocycles. The number of nitrogens with zero attached hydrogens (tertiary/aromatic N) is 2. The first kappa shape index (κ1) is 16.5. The number of hydrogen-bond donors (Lipinski definition) is 1. The van der Waals surface area contributed by atoms with Gasteiger partial charge in [0.05, 0.1) is 23.7 Å². The van der Waals surface area contributed by atoms with E-state index in [4.69, 9.17) is 11.6 Å². The predicted molar refractivity (Wildman–Crippen MR) is 85.0 cm³/mol. The van der Waals surface area contributed by atoms with E-state index >= 15 is 0 Å². The van der Waals surface area contributed by atoms with Crippen LogP contribution in [0.3, 0.4) is 0 Å². The summed E-state index contributed by atoms with van der Waals surface area (Å²) in [7, 11) is 1.40. The number of carbonyl (C=O) groups is 1. The average Bonchev–Trinajstić information content (AvgIpc) is 3.12. The van der Waals surface area contributed by atoms with E-state index < -0.39 is 0 Å². The van der Waals surface area contributed by atoms with Crippen molar-refractivity contribution in [2.45, 2.75) is 37.6 Å². The van der Waals surface area contributed by atoms with Crippen molar-refractivity contribution in [1.29, 1.82) is 0 Å². The standard InChI is InChI=1S/C14H22ClN3O2S/c1-20-14(19)17-11-5-7-18(9-11)6-3-2-4-13-16-12(8-15)10-21-13/h10-11H,2-9H2,1H3,(H,17,19). The van der Waals surface area contributed by atoms with Gasteiger partial charge >= 0.3 is 6.09 Å². The second-order valence-electron chi connectivity index (χ2n) is 5.25. The summed E-state index contributed by atoms with van der Waals surface area (Å²) in [5, 5.41) is 6.07. The first-order valence-corrected chi connectivity index (χ1v) is 8.68. The molecule has 1 aromatic rings. The molecule has 0 saturated carbocycles. The topological polar surface area (TPSA) is 54.5 Å². The molecule has 2 rings (SSSR count). The van der Waals surface area contributed by atoms with E-state index in [2.05, 4.69) is 19.9 Å². The number of halogens is 1. The largest absolute Gasteiger partial charge is 0.453 e. The molecule has 1 unspecified atom stereocenters. The number of aryl methyl sites for hydroxylation is 1. The van der Waals surface area contributed by atoms with E-state index in [0.29, 0.717) is 5.88 Å². The van der Waals surface area contributed by atoms with Gasteiger partial charge in [0.15, 0.2) is 0 Å². The summed E-state index contributed by atoms with van der Waals surface area (Å²) in [6.45, 7) is 3.04. The van der Waals surface area contributed by atoms with E-state index in [1.807, 2.05) is 5.38 Å². The summed E-state index contributed by atoms with van der Waals surface area (Å²) in [5.41, 5.74) is 0.980. The third kappa shape index (κ3) is 5.45. The van der Waals surface area contributed by atoms with Crippen molar-refractivity contribution in [3.63, 3.8) is 0 Å². The normalized spacial score (nSPS) is 18.9. The maximum absolute atomic E-state index is 11.2. The second kappa shape index (κ2) is 8.56. The number of likely N-dealkylation sites (tertiary alicyclic amines) is 1. The molecule has 7 heteroatoms. The summed E-state index contributed by atoms with van der Waals surface area (Å²) in [5.74, 6) is 0.499. The van der Waals surface area contributed by atoms with Gasteiger partial charge in [-0.1, -0.05) is 0 Å². The summed E-state index contributed by atoms with van der Waals surface area (Å²) in [6.07, 6.45) is 3.99. The fourth-order valence-corrected chi connectivity index (χ4v) is 3.58. The SMILES string of the molecule is COC(=O)NC1CCN(CCCCc2nc(CCl)cs2)C1. The van der Waals surface area contributed by atoms with Gasteiger partial charge in [0.25, 0.3) is 0 Å². The highest BCUT2D eigenvalue weighted by Gasteiger charge is 2.23. The Kier molecular flexibility index (Phi) is 6.73. The van der Waals surface area contributed by atoms with Crippen LogP contribution in [0.15, 0.2) is 5.38 Å². The Morgan fingerprint density at radius 1 is 1.62 bits per heavy atom. The lowest BCUT2D eigenvalue weighted by Crippen LogP contribution is -2.37. The molecule has 1 aromatic heterocycles. The number of hydrogen-bond acceptors (Lipinski definition) is 5. The first-order chi connectivity index (χ1) is 10.2. The number of thiazole rings is 1. The van der Waals surface area contributed by atoms with Crippen LogP contribution < -0.4 is 5.32 Å². The van der Waals surface area contributed by atoms with Crippen molar-refractivity contribution < 1.29 is 9.53 Å². The molecular weight excluding hydrogens is 310 g/mol. The number of amides is 1. The molecule has 1 saturated heterocycles. The first-order valence-electron chi connectivity index (χ1n) is 7.27. The highest BCUT2D eigenvalue weighted by molar-refractivity contribution is 7.09. The zero-order valence-electron chi connectivity index (χ0n) is 12.3. The molecule has 5 nitrogen and oxygen atoms in total. The summed E-state index contributed by atoms with van der Waals surface area (Å²) in [6, 6.07) is 0.225. The number of methoxy groups -OCH3 is 1. The molecule has 0 aliphatic carbocycles. The second-order valence-corrected chi connectivity index (χ2v) is 6.46. The minimum Gasteiger partial charge on any atom is -0.453 e. The zero-order valence-corrected chi connectivity index (χ0v) is 13.9. The van der Waals surface area contributed by atoms with Gasteiger partial charge in [-0.2, -0.15) is 0 Å². The lowest BCUT2D eigenvalue weighted by Gasteiger charge is -2.16. The summed E-state index contributed by atoms with van der Waals surface area (Å²) < 4.78 is 4.62. The van der Waals surface area contributed by atoms with Crippen molar-refractivity contribution in [2.24, 2.45) is 0 Å². The van der Waals surface area contributed by atoms with Gasteiger partial charge in [-0.3, -0.25) is 0 Å². The number of nitrogens with one attached hydrogen (secondary N) is 1. The summed E-state index contributed by atoms with van der Waals surface area (Å²) >= 11 is 7.44. The molecule has 0 bridgehead atoms. The van der Waals surface area contributed by atoms with Gasteiger partial charge in [-0.15, -0.1) is 22.9 Å². The monoisotopic (exact) mass is 331 g/mol. The van der Waals surface area contributed by atoms with Gasteiger partial charge < -0.3 is 15.0 Å².